The summed E-state index contributed by atoms with van der Waals surface area (Å²) in [6.45, 7) is 1.52. The van der Waals surface area contributed by atoms with Crippen LogP contribution in [0.15, 0.2) is 28.7 Å². The van der Waals surface area contributed by atoms with Gasteiger partial charge in [-0.3, -0.25) is 0 Å². The fourth-order valence-electron chi connectivity index (χ4n) is 1.88. The van der Waals surface area contributed by atoms with E-state index in [1.165, 1.54) is 0 Å². The van der Waals surface area contributed by atoms with Crippen molar-refractivity contribution in [1.29, 1.82) is 0 Å². The maximum absolute atomic E-state index is 10.0. The molecule has 3 nitrogen and oxygen atoms in total. The first-order chi connectivity index (χ1) is 8.25. The zero-order chi connectivity index (χ0) is 12.1. The average Bonchev–Trinajstić information content (AvgIpc) is 2.37. The van der Waals surface area contributed by atoms with Crippen LogP contribution in [0.1, 0.15) is 30.9 Å². The Kier molecular flexibility index (Phi) is 4.98. The van der Waals surface area contributed by atoms with Gasteiger partial charge in [0.25, 0.3) is 0 Å². The van der Waals surface area contributed by atoms with Gasteiger partial charge in [0.1, 0.15) is 0 Å². The maximum Gasteiger partial charge on any atom is 0.157 e. The molecule has 1 aromatic rings. The predicted molar refractivity (Wildman–Crippen MR) is 68.6 cm³/mol. The quantitative estimate of drug-likeness (QED) is 0.929. The Morgan fingerprint density at radius 3 is 2.82 bits per heavy atom. The highest BCUT2D eigenvalue weighted by molar-refractivity contribution is 9.10. The lowest BCUT2D eigenvalue weighted by Crippen LogP contribution is -2.25. The molecule has 0 radical (unpaired) electrons. The van der Waals surface area contributed by atoms with Crippen LogP contribution >= 0.6 is 15.9 Å². The summed E-state index contributed by atoms with van der Waals surface area (Å²) in [5.41, 5.74) is 0.926. The minimum absolute atomic E-state index is 0.148. The van der Waals surface area contributed by atoms with Crippen LogP contribution in [0.2, 0.25) is 0 Å². The number of aliphatic hydroxyl groups is 1. The van der Waals surface area contributed by atoms with Gasteiger partial charge < -0.3 is 14.6 Å². The van der Waals surface area contributed by atoms with E-state index in [0.717, 1.165) is 36.1 Å². The van der Waals surface area contributed by atoms with Gasteiger partial charge in [-0.1, -0.05) is 28.1 Å². The second kappa shape index (κ2) is 6.50. The lowest BCUT2D eigenvalue weighted by atomic mass is 10.0. The topological polar surface area (TPSA) is 38.7 Å². The van der Waals surface area contributed by atoms with Crippen LogP contribution in [-0.2, 0) is 9.47 Å². The molecule has 0 spiro atoms. The first kappa shape index (κ1) is 13.0. The van der Waals surface area contributed by atoms with E-state index in [2.05, 4.69) is 15.9 Å². The first-order valence-electron chi connectivity index (χ1n) is 5.92. The second-order valence-electron chi connectivity index (χ2n) is 4.17. The molecule has 1 N–H and O–H groups in total. The van der Waals surface area contributed by atoms with Gasteiger partial charge in [0.15, 0.2) is 6.29 Å². The third-order valence-corrected chi connectivity index (χ3v) is 3.30. The molecule has 1 fully saturated rings. The number of rotatable bonds is 4. The fraction of sp³-hybridized carbons (Fsp3) is 0.538. The Morgan fingerprint density at radius 1 is 1.35 bits per heavy atom. The van der Waals surface area contributed by atoms with Crippen LogP contribution in [0.3, 0.4) is 0 Å². The van der Waals surface area contributed by atoms with Gasteiger partial charge in [0.05, 0.1) is 19.3 Å². The third kappa shape index (κ3) is 4.07. The standard InChI is InChI=1S/C13H17BrO3/c14-11-4-1-3-10(9-11)12(15)5-6-13-16-7-2-8-17-13/h1,3-4,9,12-13,15H,2,5-8H2/t12-/m1/s1. The van der Waals surface area contributed by atoms with Gasteiger partial charge >= 0.3 is 0 Å². The highest BCUT2D eigenvalue weighted by Crippen LogP contribution is 2.23. The van der Waals surface area contributed by atoms with Crippen molar-refractivity contribution in [1.82, 2.24) is 0 Å². The van der Waals surface area contributed by atoms with Crippen molar-refractivity contribution >= 4 is 15.9 Å². The number of hydrogen-bond donors (Lipinski definition) is 1. The molecule has 1 atom stereocenters. The molecule has 0 unspecified atom stereocenters. The van der Waals surface area contributed by atoms with E-state index in [9.17, 15) is 5.11 Å². The summed E-state index contributed by atoms with van der Waals surface area (Å²) in [5, 5.41) is 10.0. The molecular formula is C13H17BrO3. The van der Waals surface area contributed by atoms with Crippen molar-refractivity contribution < 1.29 is 14.6 Å². The van der Waals surface area contributed by atoms with Gasteiger partial charge in [-0.25, -0.2) is 0 Å². The average molecular weight is 301 g/mol. The van der Waals surface area contributed by atoms with Gasteiger partial charge in [0, 0.05) is 10.9 Å². The molecule has 0 amide bonds. The van der Waals surface area contributed by atoms with Gasteiger partial charge in [-0.05, 0) is 30.5 Å². The first-order valence-corrected chi connectivity index (χ1v) is 6.72. The normalized spacial score (nSPS) is 19.2. The summed E-state index contributed by atoms with van der Waals surface area (Å²) < 4.78 is 11.9. The predicted octanol–water partition coefficient (Wildman–Crippen LogP) is 3.03. The summed E-state index contributed by atoms with van der Waals surface area (Å²) in [6, 6.07) is 7.74. The van der Waals surface area contributed by atoms with E-state index in [1.807, 2.05) is 24.3 Å². The lowest BCUT2D eigenvalue weighted by molar-refractivity contribution is -0.183. The van der Waals surface area contributed by atoms with Crippen molar-refractivity contribution in [2.24, 2.45) is 0 Å². The summed E-state index contributed by atoms with van der Waals surface area (Å²) in [5.74, 6) is 0. The molecule has 1 saturated heterocycles. The Labute approximate surface area is 110 Å². The van der Waals surface area contributed by atoms with Crippen LogP contribution in [-0.4, -0.2) is 24.6 Å². The van der Waals surface area contributed by atoms with Gasteiger partial charge in [-0.15, -0.1) is 0 Å². The lowest BCUT2D eigenvalue weighted by Gasteiger charge is -2.24. The molecule has 4 heteroatoms. The molecule has 0 saturated carbocycles. The summed E-state index contributed by atoms with van der Waals surface area (Å²) in [6.07, 6.45) is 1.74. The monoisotopic (exact) mass is 300 g/mol. The van der Waals surface area contributed by atoms with Crippen LogP contribution in [0.5, 0.6) is 0 Å². The van der Waals surface area contributed by atoms with Gasteiger partial charge in [-0.2, -0.15) is 0 Å². The molecule has 1 heterocycles. The zero-order valence-electron chi connectivity index (χ0n) is 9.64. The molecule has 1 aliphatic heterocycles. The molecule has 17 heavy (non-hydrogen) atoms. The highest BCUT2D eigenvalue weighted by atomic mass is 79.9. The van der Waals surface area contributed by atoms with E-state index in [4.69, 9.17) is 9.47 Å². The minimum Gasteiger partial charge on any atom is -0.388 e. The Morgan fingerprint density at radius 2 is 2.12 bits per heavy atom. The number of ether oxygens (including phenoxy) is 2. The SMILES string of the molecule is O[C@H](CCC1OCCCO1)c1cccc(Br)c1. The Hall–Kier alpha value is -0.420. The third-order valence-electron chi connectivity index (χ3n) is 2.81. The fourth-order valence-corrected chi connectivity index (χ4v) is 2.29. The summed E-state index contributed by atoms with van der Waals surface area (Å²) >= 11 is 3.40. The molecule has 1 aliphatic rings. The number of hydrogen-bond acceptors (Lipinski definition) is 3. The van der Waals surface area contributed by atoms with E-state index in [-0.39, 0.29) is 6.29 Å². The molecular weight excluding hydrogens is 284 g/mol. The van der Waals surface area contributed by atoms with Crippen molar-refractivity contribution in [3.8, 4) is 0 Å². The maximum atomic E-state index is 10.0. The van der Waals surface area contributed by atoms with Crippen LogP contribution in [0, 0.1) is 0 Å². The Balaban J connectivity index is 1.82. The number of halogens is 1. The highest BCUT2D eigenvalue weighted by Gasteiger charge is 2.16. The zero-order valence-corrected chi connectivity index (χ0v) is 11.2. The number of aliphatic hydroxyl groups excluding tert-OH is 1. The van der Waals surface area contributed by atoms with Gasteiger partial charge in [0.2, 0.25) is 0 Å². The van der Waals surface area contributed by atoms with E-state index < -0.39 is 6.10 Å². The van der Waals surface area contributed by atoms with Crippen molar-refractivity contribution in [3.63, 3.8) is 0 Å². The minimum atomic E-state index is -0.457. The Bertz CT molecular complexity index is 350. The smallest absolute Gasteiger partial charge is 0.157 e. The van der Waals surface area contributed by atoms with E-state index in [0.29, 0.717) is 6.42 Å². The second-order valence-corrected chi connectivity index (χ2v) is 5.09. The number of benzene rings is 1. The molecule has 2 rings (SSSR count). The molecule has 0 aliphatic carbocycles. The van der Waals surface area contributed by atoms with Crippen molar-refractivity contribution in [3.05, 3.63) is 34.3 Å². The summed E-state index contributed by atoms with van der Waals surface area (Å²) in [7, 11) is 0. The molecule has 1 aromatic carbocycles. The van der Waals surface area contributed by atoms with Crippen LogP contribution < -0.4 is 0 Å². The van der Waals surface area contributed by atoms with Crippen LogP contribution in [0.25, 0.3) is 0 Å². The van der Waals surface area contributed by atoms with Crippen LogP contribution in [0.4, 0.5) is 0 Å². The van der Waals surface area contributed by atoms with Crippen molar-refractivity contribution in [2.75, 3.05) is 13.2 Å². The largest absolute Gasteiger partial charge is 0.388 e. The molecule has 0 bridgehead atoms. The molecule has 94 valence electrons. The molecule has 0 aromatic heterocycles. The van der Waals surface area contributed by atoms with E-state index >= 15 is 0 Å². The van der Waals surface area contributed by atoms with Crippen molar-refractivity contribution in [2.45, 2.75) is 31.7 Å². The summed E-state index contributed by atoms with van der Waals surface area (Å²) in [4.78, 5) is 0. The van der Waals surface area contributed by atoms with E-state index in [1.54, 1.807) is 0 Å².